The molecule has 0 saturated heterocycles. The van der Waals surface area contributed by atoms with Gasteiger partial charge in [-0.25, -0.2) is 0 Å². The molecule has 2 nitrogen and oxygen atoms in total. The predicted molar refractivity (Wildman–Crippen MR) is 65.5 cm³/mol. The van der Waals surface area contributed by atoms with Crippen LogP contribution in [0.25, 0.3) is 0 Å². The zero-order chi connectivity index (χ0) is 13.6. The molecule has 0 spiro atoms. The van der Waals surface area contributed by atoms with E-state index < -0.39 is 12.8 Å². The molecule has 18 heavy (non-hydrogen) atoms. The Hall–Kier alpha value is -0.290. The normalized spacial score (nSPS) is 28.8. The average molecular weight is 267 g/mol. The predicted octanol–water partition coefficient (Wildman–Crippen LogP) is 3.37. The molecule has 0 bridgehead atoms. The van der Waals surface area contributed by atoms with Crippen molar-refractivity contribution in [2.75, 3.05) is 19.8 Å². The van der Waals surface area contributed by atoms with E-state index >= 15 is 0 Å². The summed E-state index contributed by atoms with van der Waals surface area (Å²) in [7, 11) is 0. The maximum atomic E-state index is 11.8. The van der Waals surface area contributed by atoms with Gasteiger partial charge in [-0.05, 0) is 44.1 Å². The second-order valence-electron chi connectivity index (χ2n) is 5.17. The second-order valence-corrected chi connectivity index (χ2v) is 5.17. The highest BCUT2D eigenvalue weighted by Gasteiger charge is 2.31. The number of nitrogens with one attached hydrogen (secondary N) is 1. The molecule has 0 aromatic carbocycles. The van der Waals surface area contributed by atoms with Gasteiger partial charge in [0, 0.05) is 12.6 Å². The van der Waals surface area contributed by atoms with E-state index in [-0.39, 0.29) is 6.61 Å². The van der Waals surface area contributed by atoms with Crippen LogP contribution in [0.2, 0.25) is 0 Å². The smallest absolute Gasteiger partial charge is 0.372 e. The molecule has 1 aliphatic carbocycles. The Balaban J connectivity index is 2.10. The molecule has 1 N–H and O–H groups in total. The summed E-state index contributed by atoms with van der Waals surface area (Å²) in [5, 5.41) is 3.47. The molecule has 3 atom stereocenters. The second kappa shape index (κ2) is 7.34. The number of halogens is 3. The van der Waals surface area contributed by atoms with Gasteiger partial charge in [-0.15, -0.1) is 0 Å². The van der Waals surface area contributed by atoms with Crippen molar-refractivity contribution >= 4 is 0 Å². The van der Waals surface area contributed by atoms with Gasteiger partial charge < -0.3 is 10.1 Å². The minimum atomic E-state index is -4.20. The molecule has 0 amide bonds. The highest BCUT2D eigenvalue weighted by Crippen LogP contribution is 2.34. The van der Waals surface area contributed by atoms with Crippen LogP contribution in [0.3, 0.4) is 0 Å². The summed E-state index contributed by atoms with van der Waals surface area (Å²) < 4.78 is 40.2. The summed E-state index contributed by atoms with van der Waals surface area (Å²) in [5.41, 5.74) is 0. The molecule has 1 aliphatic rings. The van der Waals surface area contributed by atoms with Crippen molar-refractivity contribution in [2.45, 2.75) is 51.7 Å². The first-order valence-corrected chi connectivity index (χ1v) is 6.82. The lowest BCUT2D eigenvalue weighted by molar-refractivity contribution is -0.174. The van der Waals surface area contributed by atoms with Crippen LogP contribution in [0.1, 0.15) is 39.5 Å². The van der Waals surface area contributed by atoms with Crippen LogP contribution in [0.15, 0.2) is 0 Å². The molecule has 3 unspecified atom stereocenters. The van der Waals surface area contributed by atoms with Gasteiger partial charge in [-0.2, -0.15) is 13.2 Å². The molecular formula is C13H24F3NO. The molecule has 1 fully saturated rings. The van der Waals surface area contributed by atoms with Gasteiger partial charge in [0.25, 0.3) is 0 Å². The van der Waals surface area contributed by atoms with E-state index in [9.17, 15) is 13.2 Å². The standard InChI is InChI=1S/C13H24F3NO/c1-3-17-12-7-6-11(10(12)2)5-4-8-18-9-13(14,15)16/h10-12,17H,3-9H2,1-2H3. The summed E-state index contributed by atoms with van der Waals surface area (Å²) >= 11 is 0. The Morgan fingerprint density at radius 2 is 2.00 bits per heavy atom. The first-order valence-electron chi connectivity index (χ1n) is 6.82. The Morgan fingerprint density at radius 3 is 2.61 bits per heavy atom. The van der Waals surface area contributed by atoms with Gasteiger partial charge in [0.15, 0.2) is 0 Å². The largest absolute Gasteiger partial charge is 0.411 e. The van der Waals surface area contributed by atoms with E-state index in [1.54, 1.807) is 0 Å². The lowest BCUT2D eigenvalue weighted by Crippen LogP contribution is -2.32. The molecule has 0 aliphatic heterocycles. The fourth-order valence-corrected chi connectivity index (χ4v) is 2.84. The molecule has 108 valence electrons. The van der Waals surface area contributed by atoms with E-state index in [1.165, 1.54) is 12.8 Å². The molecule has 1 saturated carbocycles. The Kier molecular flexibility index (Phi) is 6.43. The highest BCUT2D eigenvalue weighted by molar-refractivity contribution is 4.86. The van der Waals surface area contributed by atoms with Gasteiger partial charge in [0.2, 0.25) is 0 Å². The van der Waals surface area contributed by atoms with Crippen LogP contribution in [-0.4, -0.2) is 32.0 Å². The fourth-order valence-electron chi connectivity index (χ4n) is 2.84. The summed E-state index contributed by atoms with van der Waals surface area (Å²) in [4.78, 5) is 0. The van der Waals surface area contributed by atoms with Crippen molar-refractivity contribution in [3.63, 3.8) is 0 Å². The van der Waals surface area contributed by atoms with Crippen molar-refractivity contribution < 1.29 is 17.9 Å². The van der Waals surface area contributed by atoms with Crippen LogP contribution in [-0.2, 0) is 4.74 Å². The van der Waals surface area contributed by atoms with Crippen molar-refractivity contribution in [3.05, 3.63) is 0 Å². The lowest BCUT2D eigenvalue weighted by Gasteiger charge is -2.21. The molecule has 0 radical (unpaired) electrons. The van der Waals surface area contributed by atoms with E-state index in [1.807, 2.05) is 0 Å². The lowest BCUT2D eigenvalue weighted by atomic mass is 9.91. The highest BCUT2D eigenvalue weighted by atomic mass is 19.4. The topological polar surface area (TPSA) is 21.3 Å². The van der Waals surface area contributed by atoms with Crippen molar-refractivity contribution in [3.8, 4) is 0 Å². The van der Waals surface area contributed by atoms with Crippen LogP contribution >= 0.6 is 0 Å². The third kappa shape index (κ3) is 5.57. The van der Waals surface area contributed by atoms with Gasteiger partial charge in [-0.3, -0.25) is 0 Å². The molecule has 0 aromatic rings. The Bertz CT molecular complexity index is 233. The SMILES string of the molecule is CCNC1CCC(CCCOCC(F)(F)F)C1C. The zero-order valence-electron chi connectivity index (χ0n) is 11.2. The third-order valence-electron chi connectivity index (χ3n) is 3.82. The van der Waals surface area contributed by atoms with Crippen LogP contribution < -0.4 is 5.32 Å². The number of hydrogen-bond acceptors (Lipinski definition) is 2. The summed E-state index contributed by atoms with van der Waals surface area (Å²) in [6.07, 6.45) is -0.136. The van der Waals surface area contributed by atoms with Gasteiger partial charge in [0.05, 0.1) is 0 Å². The summed E-state index contributed by atoms with van der Waals surface area (Å²) in [6.45, 7) is 4.42. The Morgan fingerprint density at radius 1 is 1.28 bits per heavy atom. The van der Waals surface area contributed by atoms with Crippen molar-refractivity contribution in [2.24, 2.45) is 11.8 Å². The van der Waals surface area contributed by atoms with E-state index in [0.717, 1.165) is 19.4 Å². The maximum absolute atomic E-state index is 11.8. The van der Waals surface area contributed by atoms with Crippen LogP contribution in [0.4, 0.5) is 13.2 Å². The molecule has 1 rings (SSSR count). The number of rotatable bonds is 7. The first-order chi connectivity index (χ1) is 8.44. The molecule has 0 aromatic heterocycles. The fraction of sp³-hybridized carbons (Fsp3) is 1.00. The first kappa shape index (κ1) is 15.8. The summed E-state index contributed by atoms with van der Waals surface area (Å²) in [5.74, 6) is 1.25. The van der Waals surface area contributed by atoms with E-state index in [4.69, 9.17) is 0 Å². The maximum Gasteiger partial charge on any atom is 0.411 e. The van der Waals surface area contributed by atoms with Gasteiger partial charge >= 0.3 is 6.18 Å². The molecular weight excluding hydrogens is 243 g/mol. The monoisotopic (exact) mass is 267 g/mol. The van der Waals surface area contributed by atoms with Crippen molar-refractivity contribution in [1.29, 1.82) is 0 Å². The number of ether oxygens (including phenoxy) is 1. The quantitative estimate of drug-likeness (QED) is 0.714. The number of alkyl halides is 3. The average Bonchev–Trinajstić information content (AvgIpc) is 2.60. The minimum absolute atomic E-state index is 0.217. The third-order valence-corrected chi connectivity index (χ3v) is 3.82. The van der Waals surface area contributed by atoms with Crippen molar-refractivity contribution in [1.82, 2.24) is 5.32 Å². The van der Waals surface area contributed by atoms with Crippen LogP contribution in [0.5, 0.6) is 0 Å². The minimum Gasteiger partial charge on any atom is -0.372 e. The molecule has 0 heterocycles. The molecule has 5 heteroatoms. The van der Waals surface area contributed by atoms with E-state index in [2.05, 4.69) is 23.9 Å². The Labute approximate surface area is 107 Å². The van der Waals surface area contributed by atoms with Crippen LogP contribution in [0, 0.1) is 11.8 Å². The van der Waals surface area contributed by atoms with Gasteiger partial charge in [-0.1, -0.05) is 13.8 Å². The zero-order valence-corrected chi connectivity index (χ0v) is 11.2. The summed E-state index contributed by atoms with van der Waals surface area (Å²) in [6, 6.07) is 0.580. The number of hydrogen-bond donors (Lipinski definition) is 1. The van der Waals surface area contributed by atoms with Gasteiger partial charge in [0.1, 0.15) is 6.61 Å². The van der Waals surface area contributed by atoms with E-state index in [0.29, 0.717) is 17.9 Å².